The molecule has 3 aliphatic heterocycles. The van der Waals surface area contributed by atoms with Gasteiger partial charge >= 0.3 is 12.1 Å². The van der Waals surface area contributed by atoms with Crippen molar-refractivity contribution in [2.45, 2.75) is 29.6 Å². The van der Waals surface area contributed by atoms with E-state index >= 15 is 14.4 Å². The van der Waals surface area contributed by atoms with E-state index in [9.17, 15) is 9.90 Å². The highest BCUT2D eigenvalue weighted by molar-refractivity contribution is 7.22. The van der Waals surface area contributed by atoms with Crippen LogP contribution in [0.4, 0.5) is 15.6 Å². The fourth-order valence-electron chi connectivity index (χ4n) is 9.14. The number of aliphatic hydroxyl groups is 1. The molecule has 1 spiro atoms. The number of imide groups is 1. The molecule has 2 fully saturated rings. The third-order valence-corrected chi connectivity index (χ3v) is 12.4. The van der Waals surface area contributed by atoms with E-state index in [1.54, 1.807) is 48.5 Å². The summed E-state index contributed by atoms with van der Waals surface area (Å²) >= 11 is 1.26. The van der Waals surface area contributed by atoms with Gasteiger partial charge in [-0.25, -0.2) is 14.7 Å². The van der Waals surface area contributed by atoms with Crippen molar-refractivity contribution in [1.29, 1.82) is 0 Å². The van der Waals surface area contributed by atoms with Crippen LogP contribution in [0.25, 0.3) is 10.2 Å². The summed E-state index contributed by atoms with van der Waals surface area (Å²) in [7, 11) is 1.47. The molecule has 6 unspecified atom stereocenters. The molecule has 0 saturated carbocycles. The van der Waals surface area contributed by atoms with Gasteiger partial charge in [0.05, 0.1) is 47.1 Å². The summed E-state index contributed by atoms with van der Waals surface area (Å²) in [5.74, 6) is -3.14. The van der Waals surface area contributed by atoms with Gasteiger partial charge in [-0.3, -0.25) is 19.3 Å². The van der Waals surface area contributed by atoms with Gasteiger partial charge in [0, 0.05) is 7.11 Å². The highest BCUT2D eigenvalue weighted by Crippen LogP contribution is 2.66. The van der Waals surface area contributed by atoms with Crippen LogP contribution in [0, 0.1) is 5.92 Å². The SMILES string of the molecule is COCCOC(=O)N1C(=O)C2(c3ccccc31)C(C(=O)Nc1nc3ccccc3s1)C1C(=O)OC(c3ccccc3)C(c3ccccc3)N1C2c1ccc(OCCO)cc1. The molecule has 5 aromatic carbocycles. The normalized spacial score (nSPS) is 23.3. The van der Waals surface area contributed by atoms with Gasteiger partial charge in [0.25, 0.3) is 0 Å². The summed E-state index contributed by atoms with van der Waals surface area (Å²) in [5, 5.41) is 12.8. The number of ether oxygens (including phenoxy) is 4. The van der Waals surface area contributed by atoms with Crippen molar-refractivity contribution >= 4 is 56.2 Å². The predicted octanol–water partition coefficient (Wildman–Crippen LogP) is 6.75. The molecular formula is C46H40N4O9S. The van der Waals surface area contributed by atoms with Crippen LogP contribution < -0.4 is 15.0 Å². The minimum absolute atomic E-state index is 0.0571. The van der Waals surface area contributed by atoms with Crippen molar-refractivity contribution in [3.05, 3.63) is 156 Å². The van der Waals surface area contributed by atoms with Crippen molar-refractivity contribution < 1.29 is 43.2 Å². The Kier molecular flexibility index (Phi) is 10.6. The number of carbonyl (C=O) groups is 4. The molecule has 4 heterocycles. The standard InChI is InChI=1S/C46H40N4O9S/c1-56-26-27-58-45(55)49-34-18-10-8-16-32(34)46(43(49)54)36(41(52)48-44-47-33-17-9-11-19-35(33)60-44)38-42(53)59-39(29-14-6-3-7-15-29)37(28-12-4-2-5-13-28)50(38)40(46)30-20-22-31(23-21-30)57-25-24-51/h2-23,36-40,51H,24-27H2,1H3,(H,47,48,52). The minimum atomic E-state index is -1.94. The number of benzene rings is 5. The number of amides is 3. The van der Waals surface area contributed by atoms with Crippen molar-refractivity contribution in [2.24, 2.45) is 5.92 Å². The van der Waals surface area contributed by atoms with E-state index in [1.165, 1.54) is 18.4 Å². The van der Waals surface area contributed by atoms with Gasteiger partial charge in [0.15, 0.2) is 5.13 Å². The minimum Gasteiger partial charge on any atom is -0.491 e. The van der Waals surface area contributed by atoms with Crippen LogP contribution in [-0.4, -0.2) is 78.4 Å². The second-order valence-corrected chi connectivity index (χ2v) is 15.7. The third-order valence-electron chi connectivity index (χ3n) is 11.4. The van der Waals surface area contributed by atoms with Gasteiger partial charge in [-0.05, 0) is 52.6 Å². The molecule has 6 atom stereocenters. The molecule has 304 valence electrons. The third kappa shape index (κ3) is 6.48. The van der Waals surface area contributed by atoms with Gasteiger partial charge in [0.2, 0.25) is 11.8 Å². The number of fused-ring (bicyclic) bond motifs is 4. The first kappa shape index (κ1) is 39.0. The summed E-state index contributed by atoms with van der Waals surface area (Å²) in [4.78, 5) is 68.4. The van der Waals surface area contributed by atoms with Crippen molar-refractivity contribution in [1.82, 2.24) is 9.88 Å². The molecule has 2 N–H and O–H groups in total. The number of esters is 1. The van der Waals surface area contributed by atoms with Crippen LogP contribution in [0.3, 0.4) is 0 Å². The first-order valence-electron chi connectivity index (χ1n) is 19.5. The lowest BCUT2D eigenvalue weighted by Crippen LogP contribution is -2.54. The van der Waals surface area contributed by atoms with Gasteiger partial charge in [-0.2, -0.15) is 0 Å². The zero-order valence-electron chi connectivity index (χ0n) is 32.4. The van der Waals surface area contributed by atoms with E-state index in [4.69, 9.17) is 18.9 Å². The molecule has 0 bridgehead atoms. The number of anilines is 2. The van der Waals surface area contributed by atoms with Gasteiger partial charge in [-0.1, -0.05) is 114 Å². The van der Waals surface area contributed by atoms with E-state index in [-0.39, 0.29) is 37.2 Å². The maximum atomic E-state index is 16.0. The first-order chi connectivity index (χ1) is 29.4. The molecule has 2 saturated heterocycles. The molecule has 60 heavy (non-hydrogen) atoms. The monoisotopic (exact) mass is 824 g/mol. The second kappa shape index (κ2) is 16.3. The van der Waals surface area contributed by atoms with Crippen molar-refractivity contribution in [3.63, 3.8) is 0 Å². The van der Waals surface area contributed by atoms with Crippen LogP contribution in [0.1, 0.15) is 40.4 Å². The fraction of sp³-hybridized carbons (Fsp3) is 0.239. The molecule has 3 amide bonds. The number of rotatable bonds is 11. The Labute approximate surface area is 349 Å². The summed E-state index contributed by atoms with van der Waals surface area (Å²) < 4.78 is 23.8. The van der Waals surface area contributed by atoms with E-state index in [1.807, 2.05) is 89.8 Å². The van der Waals surface area contributed by atoms with Crippen LogP contribution >= 0.6 is 11.3 Å². The average Bonchev–Trinajstić information content (AvgIpc) is 3.92. The lowest BCUT2D eigenvalue weighted by molar-refractivity contribution is -0.177. The number of methoxy groups -OCH3 is 1. The fourth-order valence-corrected chi connectivity index (χ4v) is 10.0. The number of hydrogen-bond acceptors (Lipinski definition) is 12. The number of carbonyl (C=O) groups excluding carboxylic acids is 4. The Morgan fingerprint density at radius 2 is 1.48 bits per heavy atom. The van der Waals surface area contributed by atoms with Gasteiger partial charge in [0.1, 0.15) is 36.5 Å². The van der Waals surface area contributed by atoms with Crippen LogP contribution in [-0.2, 0) is 34.0 Å². The van der Waals surface area contributed by atoms with E-state index < -0.39 is 59.4 Å². The Balaban J connectivity index is 1.31. The first-order valence-corrected chi connectivity index (χ1v) is 20.4. The average molecular weight is 825 g/mol. The largest absolute Gasteiger partial charge is 0.491 e. The zero-order chi connectivity index (χ0) is 41.4. The Morgan fingerprint density at radius 1 is 0.800 bits per heavy atom. The molecule has 0 aliphatic carbocycles. The number of aliphatic hydroxyl groups excluding tert-OH is 1. The summed E-state index contributed by atoms with van der Waals surface area (Å²) in [6.07, 6.45) is -1.83. The Hall–Kier alpha value is -6.45. The predicted molar refractivity (Wildman–Crippen MR) is 222 cm³/mol. The number of aromatic nitrogens is 1. The van der Waals surface area contributed by atoms with E-state index in [2.05, 4.69) is 10.3 Å². The second-order valence-electron chi connectivity index (χ2n) is 14.6. The number of morpholine rings is 1. The van der Waals surface area contributed by atoms with Crippen LogP contribution in [0.2, 0.25) is 0 Å². The summed E-state index contributed by atoms with van der Waals surface area (Å²) in [5.41, 5.74) is 1.36. The Morgan fingerprint density at radius 3 is 2.20 bits per heavy atom. The number of para-hydroxylation sites is 2. The van der Waals surface area contributed by atoms with Crippen molar-refractivity contribution in [2.75, 3.05) is 43.8 Å². The van der Waals surface area contributed by atoms with Gasteiger partial charge in [-0.15, -0.1) is 0 Å². The molecule has 9 rings (SSSR count). The van der Waals surface area contributed by atoms with Crippen LogP contribution in [0.15, 0.2) is 133 Å². The van der Waals surface area contributed by atoms with Crippen molar-refractivity contribution in [3.8, 4) is 5.75 Å². The highest BCUT2D eigenvalue weighted by Gasteiger charge is 2.75. The maximum Gasteiger partial charge on any atom is 0.421 e. The molecular weight excluding hydrogens is 785 g/mol. The number of cyclic esters (lactones) is 1. The quantitative estimate of drug-likeness (QED) is 0.105. The molecule has 13 nitrogen and oxygen atoms in total. The smallest absolute Gasteiger partial charge is 0.421 e. The van der Waals surface area contributed by atoms with E-state index in [0.717, 1.165) is 15.2 Å². The van der Waals surface area contributed by atoms with E-state index in [0.29, 0.717) is 28.0 Å². The Bertz CT molecular complexity index is 2520. The highest BCUT2D eigenvalue weighted by atomic mass is 32.1. The lowest BCUT2D eigenvalue weighted by atomic mass is 9.65. The molecule has 1 aromatic heterocycles. The summed E-state index contributed by atoms with van der Waals surface area (Å²) in [6, 6.07) is 37.0. The molecule has 6 aromatic rings. The number of hydrogen-bond donors (Lipinski definition) is 2. The molecule has 3 aliphatic rings. The maximum absolute atomic E-state index is 16.0. The topological polar surface area (TPSA) is 157 Å². The van der Waals surface area contributed by atoms with Gasteiger partial charge < -0.3 is 29.4 Å². The van der Waals surface area contributed by atoms with Crippen LogP contribution in [0.5, 0.6) is 5.75 Å². The summed E-state index contributed by atoms with van der Waals surface area (Å²) in [6.45, 7) is -0.188. The molecule has 14 heteroatoms. The lowest BCUT2D eigenvalue weighted by Gasteiger charge is -2.46. The molecule has 0 radical (unpaired) electrons. The number of nitrogens with zero attached hydrogens (tertiary/aromatic N) is 3. The zero-order valence-corrected chi connectivity index (χ0v) is 33.2. The number of thiazole rings is 1. The number of nitrogens with one attached hydrogen (secondary N) is 1.